The average Bonchev–Trinajstić information content (AvgIpc) is 2.94. The minimum Gasteiger partial charge on any atom is -0.0622 e. The lowest BCUT2D eigenvalue weighted by Gasteiger charge is -2.60. The van der Waals surface area contributed by atoms with Crippen LogP contribution in [0.25, 0.3) is 0 Å². The fourth-order valence-electron chi connectivity index (χ4n) is 7.88. The van der Waals surface area contributed by atoms with Gasteiger partial charge in [-0.05, 0) is 83.4 Å². The van der Waals surface area contributed by atoms with Gasteiger partial charge in [0, 0.05) is 0 Å². The van der Waals surface area contributed by atoms with Crippen molar-refractivity contribution in [3.05, 3.63) is 144 Å². The van der Waals surface area contributed by atoms with Crippen molar-refractivity contribution in [2.45, 2.75) is 67.6 Å². The molecule has 2 aliphatic rings. The first-order valence-electron chi connectivity index (χ1n) is 13.4. The fraction of sp³-hybridized carbons (Fsp3) is 0.314. The molecule has 6 rings (SSSR count). The Kier molecular flexibility index (Phi) is 5.85. The Hall–Kier alpha value is -3.12. The zero-order valence-corrected chi connectivity index (χ0v) is 20.7. The third-order valence-electron chi connectivity index (χ3n) is 9.23. The highest BCUT2D eigenvalue weighted by atomic mass is 14.6. The van der Waals surface area contributed by atoms with Crippen LogP contribution in [0.4, 0.5) is 0 Å². The molecule has 3 atom stereocenters. The van der Waals surface area contributed by atoms with E-state index in [1.54, 1.807) is 11.1 Å². The van der Waals surface area contributed by atoms with Crippen LogP contribution in [0.3, 0.4) is 0 Å². The molecule has 176 valence electrons. The Bertz CT molecular complexity index is 1170. The highest BCUT2D eigenvalue weighted by molar-refractivity contribution is 5.41. The molecule has 0 amide bonds. The van der Waals surface area contributed by atoms with Crippen molar-refractivity contribution < 1.29 is 0 Å². The third kappa shape index (κ3) is 4.14. The van der Waals surface area contributed by atoms with E-state index in [0.717, 1.165) is 6.42 Å². The second-order valence-electron chi connectivity index (χ2n) is 11.3. The molecule has 0 nitrogen and oxygen atoms in total. The molecule has 4 aromatic carbocycles. The van der Waals surface area contributed by atoms with Crippen LogP contribution in [0.2, 0.25) is 0 Å². The smallest absolute Gasteiger partial charge is 0.00269 e. The van der Waals surface area contributed by atoms with Gasteiger partial charge in [-0.15, -0.1) is 0 Å². The molecule has 0 radical (unpaired) electrons. The van der Waals surface area contributed by atoms with Crippen LogP contribution in [0, 0.1) is 0 Å². The molecule has 2 fully saturated rings. The van der Waals surface area contributed by atoms with Crippen LogP contribution in [-0.2, 0) is 22.7 Å². The zero-order chi connectivity index (χ0) is 23.6. The first-order valence-corrected chi connectivity index (χ1v) is 13.4. The highest BCUT2D eigenvalue weighted by Gasteiger charge is 2.57. The Balaban J connectivity index is 1.52. The second kappa shape index (κ2) is 9.15. The molecule has 0 heteroatoms. The van der Waals surface area contributed by atoms with E-state index >= 15 is 0 Å². The van der Waals surface area contributed by atoms with Crippen molar-refractivity contribution in [3.8, 4) is 0 Å². The predicted octanol–water partition coefficient (Wildman–Crippen LogP) is 8.80. The summed E-state index contributed by atoms with van der Waals surface area (Å²) in [5.74, 6) is 0. The summed E-state index contributed by atoms with van der Waals surface area (Å²) in [5, 5.41) is 0. The van der Waals surface area contributed by atoms with Crippen LogP contribution in [-0.4, -0.2) is 0 Å². The summed E-state index contributed by atoms with van der Waals surface area (Å²) in [6, 6.07) is 45.7. The summed E-state index contributed by atoms with van der Waals surface area (Å²) in [5.41, 5.74) is 6.71. The van der Waals surface area contributed by atoms with E-state index in [1.165, 1.54) is 56.1 Å². The standard InChI is InChI=1S/C35H36/c1-5-14-29(15-6-1)22-25-35(32-20-11-4-12-21-32)27-33(30-16-7-2-8-17-30)23-13-24-34(26-33,28-35)31-18-9-3-10-19-31/h1-12,14-21H,13,22-28H2/t33-,34+,35?. The lowest BCUT2D eigenvalue weighted by atomic mass is 9.43. The van der Waals surface area contributed by atoms with Gasteiger partial charge in [0.15, 0.2) is 0 Å². The molecule has 2 aliphatic carbocycles. The minimum absolute atomic E-state index is 0.154. The summed E-state index contributed by atoms with van der Waals surface area (Å²) in [6.45, 7) is 0. The van der Waals surface area contributed by atoms with Gasteiger partial charge in [0.2, 0.25) is 0 Å². The maximum absolute atomic E-state index is 2.42. The SMILES string of the molecule is c1ccc(CCC2(c3ccccc3)C[C@@]3(c4ccccc4)CCC[C@@](c4ccccc4)(C2)C3)cc1. The van der Waals surface area contributed by atoms with Crippen molar-refractivity contribution in [1.82, 2.24) is 0 Å². The molecular weight excluding hydrogens is 420 g/mol. The van der Waals surface area contributed by atoms with E-state index < -0.39 is 0 Å². The van der Waals surface area contributed by atoms with Gasteiger partial charge in [0.25, 0.3) is 0 Å². The normalized spacial score (nSPS) is 27.9. The highest BCUT2D eigenvalue weighted by Crippen LogP contribution is 2.64. The predicted molar refractivity (Wildman–Crippen MR) is 147 cm³/mol. The van der Waals surface area contributed by atoms with Gasteiger partial charge < -0.3 is 0 Å². The molecule has 1 unspecified atom stereocenters. The lowest BCUT2D eigenvalue weighted by Crippen LogP contribution is -2.55. The van der Waals surface area contributed by atoms with Crippen LogP contribution in [0.5, 0.6) is 0 Å². The molecule has 2 bridgehead atoms. The molecule has 35 heavy (non-hydrogen) atoms. The maximum atomic E-state index is 2.42. The number of fused-ring (bicyclic) bond motifs is 2. The third-order valence-corrected chi connectivity index (χ3v) is 9.23. The summed E-state index contributed by atoms with van der Waals surface area (Å²) in [7, 11) is 0. The molecular formula is C35H36. The number of hydrogen-bond acceptors (Lipinski definition) is 0. The number of aryl methyl sites for hydroxylation is 1. The molecule has 0 saturated heterocycles. The molecule has 0 aromatic heterocycles. The summed E-state index contributed by atoms with van der Waals surface area (Å²) in [4.78, 5) is 0. The van der Waals surface area contributed by atoms with E-state index in [1.807, 2.05) is 0 Å². The zero-order valence-electron chi connectivity index (χ0n) is 20.7. The lowest BCUT2D eigenvalue weighted by molar-refractivity contribution is 0.0460. The fourth-order valence-corrected chi connectivity index (χ4v) is 7.88. The van der Waals surface area contributed by atoms with E-state index in [0.29, 0.717) is 0 Å². The summed E-state index contributed by atoms with van der Waals surface area (Å²) < 4.78 is 0. The van der Waals surface area contributed by atoms with E-state index in [4.69, 9.17) is 0 Å². The molecule has 0 heterocycles. The Morgan fingerprint density at radius 2 is 0.886 bits per heavy atom. The van der Waals surface area contributed by atoms with Crippen molar-refractivity contribution in [1.29, 1.82) is 0 Å². The van der Waals surface area contributed by atoms with Crippen molar-refractivity contribution in [3.63, 3.8) is 0 Å². The first kappa shape index (κ1) is 22.4. The van der Waals surface area contributed by atoms with Gasteiger partial charge in [0.05, 0.1) is 0 Å². The van der Waals surface area contributed by atoms with Crippen molar-refractivity contribution in [2.75, 3.05) is 0 Å². The largest absolute Gasteiger partial charge is 0.0622 e. The molecule has 0 spiro atoms. The Morgan fingerprint density at radius 3 is 1.37 bits per heavy atom. The molecule has 4 aromatic rings. The summed E-state index contributed by atoms with van der Waals surface area (Å²) >= 11 is 0. The Labute approximate surface area is 211 Å². The van der Waals surface area contributed by atoms with Crippen molar-refractivity contribution in [2.24, 2.45) is 0 Å². The number of rotatable bonds is 6. The quantitative estimate of drug-likeness (QED) is 0.272. The van der Waals surface area contributed by atoms with E-state index in [2.05, 4.69) is 121 Å². The van der Waals surface area contributed by atoms with Gasteiger partial charge in [-0.3, -0.25) is 0 Å². The van der Waals surface area contributed by atoms with Crippen LogP contribution in [0.15, 0.2) is 121 Å². The average molecular weight is 457 g/mol. The van der Waals surface area contributed by atoms with Gasteiger partial charge in [0.1, 0.15) is 0 Å². The topological polar surface area (TPSA) is 0 Å². The van der Waals surface area contributed by atoms with E-state index in [-0.39, 0.29) is 16.2 Å². The van der Waals surface area contributed by atoms with Gasteiger partial charge in [-0.2, -0.15) is 0 Å². The van der Waals surface area contributed by atoms with Gasteiger partial charge in [-0.25, -0.2) is 0 Å². The second-order valence-corrected chi connectivity index (χ2v) is 11.3. The van der Waals surface area contributed by atoms with Gasteiger partial charge in [-0.1, -0.05) is 128 Å². The van der Waals surface area contributed by atoms with E-state index in [9.17, 15) is 0 Å². The minimum atomic E-state index is 0.154. The van der Waals surface area contributed by atoms with Crippen LogP contribution in [0.1, 0.15) is 67.2 Å². The van der Waals surface area contributed by atoms with Crippen molar-refractivity contribution >= 4 is 0 Å². The molecule has 0 aliphatic heterocycles. The first-order chi connectivity index (χ1) is 17.2. The monoisotopic (exact) mass is 456 g/mol. The summed E-state index contributed by atoms with van der Waals surface area (Å²) in [6.07, 6.45) is 10.00. The Morgan fingerprint density at radius 1 is 0.457 bits per heavy atom. The maximum Gasteiger partial charge on any atom is -0.00269 e. The number of hydrogen-bond donors (Lipinski definition) is 0. The molecule has 0 N–H and O–H groups in total. The van der Waals surface area contributed by atoms with Crippen LogP contribution >= 0.6 is 0 Å². The van der Waals surface area contributed by atoms with Crippen LogP contribution < -0.4 is 0 Å². The molecule has 2 saturated carbocycles. The number of benzene rings is 4. The van der Waals surface area contributed by atoms with Gasteiger partial charge >= 0.3 is 0 Å².